The zero-order valence-corrected chi connectivity index (χ0v) is 11.9. The van der Waals surface area contributed by atoms with E-state index >= 15 is 0 Å². The number of nitrogens with one attached hydrogen (secondary N) is 2. The summed E-state index contributed by atoms with van der Waals surface area (Å²) in [5, 5.41) is 6.30. The third-order valence-electron chi connectivity index (χ3n) is 2.75. The van der Waals surface area contributed by atoms with Crippen LogP contribution in [0.1, 0.15) is 10.4 Å². The van der Waals surface area contributed by atoms with Gasteiger partial charge in [-0.1, -0.05) is 11.6 Å². The van der Waals surface area contributed by atoms with Crippen molar-refractivity contribution in [3.63, 3.8) is 0 Å². The van der Waals surface area contributed by atoms with Gasteiger partial charge in [0.05, 0.1) is 6.54 Å². The molecule has 0 aromatic heterocycles. The maximum atomic E-state index is 11.8. The molecule has 0 aliphatic rings. The Morgan fingerprint density at radius 1 is 0.952 bits per heavy atom. The number of carbonyl (C=O) groups excluding carboxylic acids is 2. The van der Waals surface area contributed by atoms with Crippen LogP contribution in [-0.2, 0) is 4.79 Å². The highest BCUT2D eigenvalue weighted by atomic mass is 35.5. The van der Waals surface area contributed by atoms with Gasteiger partial charge in [0, 0.05) is 22.0 Å². The molecule has 0 spiro atoms. The molecule has 6 heteroatoms. The monoisotopic (exact) mass is 303 g/mol. The van der Waals surface area contributed by atoms with Crippen molar-refractivity contribution in [3.8, 4) is 0 Å². The molecule has 21 heavy (non-hydrogen) atoms. The van der Waals surface area contributed by atoms with Gasteiger partial charge in [-0.05, 0) is 48.5 Å². The van der Waals surface area contributed by atoms with Crippen molar-refractivity contribution in [3.05, 3.63) is 59.1 Å². The SMILES string of the molecule is NC(=O)c1ccc(NCC(=O)Nc2ccc(Cl)cc2)cc1. The normalized spacial score (nSPS) is 9.95. The van der Waals surface area contributed by atoms with Gasteiger partial charge in [-0.3, -0.25) is 9.59 Å². The number of carbonyl (C=O) groups is 2. The number of primary amides is 1. The van der Waals surface area contributed by atoms with Crippen LogP contribution in [0.15, 0.2) is 48.5 Å². The molecule has 0 fully saturated rings. The number of hydrogen-bond donors (Lipinski definition) is 3. The second-order valence-electron chi connectivity index (χ2n) is 4.35. The van der Waals surface area contributed by atoms with Crippen molar-refractivity contribution < 1.29 is 9.59 Å². The van der Waals surface area contributed by atoms with Crippen molar-refractivity contribution in [1.82, 2.24) is 0 Å². The average Bonchev–Trinajstić information content (AvgIpc) is 2.48. The van der Waals surface area contributed by atoms with Gasteiger partial charge in [-0.15, -0.1) is 0 Å². The van der Waals surface area contributed by atoms with Crippen LogP contribution in [0.25, 0.3) is 0 Å². The molecule has 0 saturated carbocycles. The molecule has 2 aromatic rings. The Labute approximate surface area is 127 Å². The Hall–Kier alpha value is -2.53. The first-order valence-electron chi connectivity index (χ1n) is 6.24. The van der Waals surface area contributed by atoms with Crippen LogP contribution in [0.4, 0.5) is 11.4 Å². The second kappa shape index (κ2) is 6.76. The van der Waals surface area contributed by atoms with Crippen molar-refractivity contribution >= 4 is 34.8 Å². The minimum atomic E-state index is -0.484. The number of halogens is 1. The van der Waals surface area contributed by atoms with E-state index in [1.807, 2.05) is 0 Å². The van der Waals surface area contributed by atoms with Gasteiger partial charge >= 0.3 is 0 Å². The van der Waals surface area contributed by atoms with Crippen molar-refractivity contribution in [2.24, 2.45) is 5.73 Å². The highest BCUT2D eigenvalue weighted by Crippen LogP contribution is 2.13. The van der Waals surface area contributed by atoms with Gasteiger partial charge in [-0.25, -0.2) is 0 Å². The Morgan fingerprint density at radius 2 is 1.52 bits per heavy atom. The minimum Gasteiger partial charge on any atom is -0.376 e. The van der Waals surface area contributed by atoms with E-state index in [1.165, 1.54) is 0 Å². The Bertz CT molecular complexity index is 639. The fourth-order valence-corrected chi connectivity index (χ4v) is 1.80. The van der Waals surface area contributed by atoms with E-state index in [0.29, 0.717) is 16.3 Å². The molecule has 0 aliphatic carbocycles. The van der Waals surface area contributed by atoms with Crippen molar-refractivity contribution in [2.75, 3.05) is 17.2 Å². The first-order chi connectivity index (χ1) is 10.0. The maximum Gasteiger partial charge on any atom is 0.248 e. The molecule has 0 aliphatic heterocycles. The number of benzene rings is 2. The molecule has 0 radical (unpaired) electrons. The van der Waals surface area contributed by atoms with Crippen LogP contribution in [0.5, 0.6) is 0 Å². The molecule has 0 unspecified atom stereocenters. The summed E-state index contributed by atoms with van der Waals surface area (Å²) in [5.74, 6) is -0.668. The smallest absolute Gasteiger partial charge is 0.248 e. The quantitative estimate of drug-likeness (QED) is 0.793. The molecule has 108 valence electrons. The van der Waals surface area contributed by atoms with E-state index in [4.69, 9.17) is 17.3 Å². The van der Waals surface area contributed by atoms with E-state index < -0.39 is 5.91 Å². The third-order valence-corrected chi connectivity index (χ3v) is 3.00. The molecule has 2 amide bonds. The topological polar surface area (TPSA) is 84.2 Å². The van der Waals surface area contributed by atoms with Crippen LogP contribution in [0.2, 0.25) is 5.02 Å². The van der Waals surface area contributed by atoms with Crippen molar-refractivity contribution in [1.29, 1.82) is 0 Å². The first-order valence-corrected chi connectivity index (χ1v) is 6.61. The number of nitrogens with two attached hydrogens (primary N) is 1. The molecule has 0 heterocycles. The largest absolute Gasteiger partial charge is 0.376 e. The van der Waals surface area contributed by atoms with Crippen molar-refractivity contribution in [2.45, 2.75) is 0 Å². The van der Waals surface area contributed by atoms with Crippen LogP contribution >= 0.6 is 11.6 Å². The first kappa shape index (κ1) is 14.9. The fraction of sp³-hybridized carbons (Fsp3) is 0.0667. The van der Waals surface area contributed by atoms with E-state index in [1.54, 1.807) is 48.5 Å². The molecule has 4 N–H and O–H groups in total. The Kier molecular flexibility index (Phi) is 4.79. The average molecular weight is 304 g/mol. The zero-order chi connectivity index (χ0) is 15.2. The highest BCUT2D eigenvalue weighted by Gasteiger charge is 2.03. The minimum absolute atomic E-state index is 0.110. The Balaban J connectivity index is 1.86. The zero-order valence-electron chi connectivity index (χ0n) is 11.1. The predicted molar refractivity (Wildman–Crippen MR) is 83.5 cm³/mol. The lowest BCUT2D eigenvalue weighted by atomic mass is 10.2. The molecular formula is C15H14ClN3O2. The maximum absolute atomic E-state index is 11.8. The van der Waals surface area contributed by atoms with E-state index in [-0.39, 0.29) is 12.5 Å². The summed E-state index contributed by atoms with van der Waals surface area (Å²) in [6.45, 7) is 0.110. The molecule has 0 atom stereocenters. The molecule has 5 nitrogen and oxygen atoms in total. The fourth-order valence-electron chi connectivity index (χ4n) is 1.67. The van der Waals surface area contributed by atoms with Crippen LogP contribution < -0.4 is 16.4 Å². The lowest BCUT2D eigenvalue weighted by molar-refractivity contribution is -0.114. The Morgan fingerprint density at radius 3 is 2.10 bits per heavy atom. The highest BCUT2D eigenvalue weighted by molar-refractivity contribution is 6.30. The summed E-state index contributed by atoms with van der Waals surface area (Å²) in [5.41, 5.74) is 6.98. The third kappa shape index (κ3) is 4.50. The molecule has 2 rings (SSSR count). The summed E-state index contributed by atoms with van der Waals surface area (Å²) in [7, 11) is 0. The summed E-state index contributed by atoms with van der Waals surface area (Å²) < 4.78 is 0. The summed E-state index contributed by atoms with van der Waals surface area (Å²) in [4.78, 5) is 22.7. The predicted octanol–water partition coefficient (Wildman–Crippen LogP) is 2.49. The van der Waals surface area contributed by atoms with E-state index in [0.717, 1.165) is 5.69 Å². The number of hydrogen-bond acceptors (Lipinski definition) is 3. The van der Waals surface area contributed by atoms with Gasteiger partial charge in [0.15, 0.2) is 0 Å². The van der Waals surface area contributed by atoms with E-state index in [9.17, 15) is 9.59 Å². The van der Waals surface area contributed by atoms with E-state index in [2.05, 4.69) is 10.6 Å². The number of anilines is 2. The van der Waals surface area contributed by atoms with Gasteiger partial charge in [0.25, 0.3) is 0 Å². The standard InChI is InChI=1S/C15H14ClN3O2/c16-11-3-7-13(8-4-11)19-14(20)9-18-12-5-1-10(2-6-12)15(17)21/h1-8,18H,9H2,(H2,17,21)(H,19,20). The molecule has 0 saturated heterocycles. The van der Waals surface area contributed by atoms with Gasteiger partial charge in [-0.2, -0.15) is 0 Å². The number of amides is 2. The molecule has 2 aromatic carbocycles. The number of rotatable bonds is 5. The van der Waals surface area contributed by atoms with Crippen LogP contribution in [0, 0.1) is 0 Å². The summed E-state index contributed by atoms with van der Waals surface area (Å²) >= 11 is 5.77. The molecule has 0 bridgehead atoms. The second-order valence-corrected chi connectivity index (χ2v) is 4.79. The van der Waals surface area contributed by atoms with Gasteiger partial charge in [0.1, 0.15) is 0 Å². The summed E-state index contributed by atoms with van der Waals surface area (Å²) in [6, 6.07) is 13.4. The summed E-state index contributed by atoms with van der Waals surface area (Å²) in [6.07, 6.45) is 0. The molecular weight excluding hydrogens is 290 g/mol. The van der Waals surface area contributed by atoms with Crippen LogP contribution in [0.3, 0.4) is 0 Å². The van der Waals surface area contributed by atoms with Crippen LogP contribution in [-0.4, -0.2) is 18.4 Å². The van der Waals surface area contributed by atoms with Gasteiger partial charge < -0.3 is 16.4 Å². The van der Waals surface area contributed by atoms with Gasteiger partial charge in [0.2, 0.25) is 11.8 Å². The lowest BCUT2D eigenvalue weighted by Crippen LogP contribution is -2.21. The lowest BCUT2D eigenvalue weighted by Gasteiger charge is -2.08.